The highest BCUT2D eigenvalue weighted by atomic mass is 16.5. The van der Waals surface area contributed by atoms with Crippen LogP contribution in [0.4, 0.5) is 0 Å². The minimum atomic E-state index is 0.0932. The molecule has 6 heteroatoms. The number of H-pyrrole nitrogens is 1. The van der Waals surface area contributed by atoms with E-state index in [1.165, 1.54) is 30.4 Å². The Hall–Kier alpha value is -3.59. The molecule has 0 unspecified atom stereocenters. The third-order valence-corrected chi connectivity index (χ3v) is 7.49. The van der Waals surface area contributed by atoms with Crippen molar-refractivity contribution < 1.29 is 9.53 Å². The highest BCUT2D eigenvalue weighted by Gasteiger charge is 2.29. The zero-order valence-electron chi connectivity index (χ0n) is 19.8. The van der Waals surface area contributed by atoms with Crippen molar-refractivity contribution in [2.75, 3.05) is 20.2 Å². The first-order valence-corrected chi connectivity index (χ1v) is 12.1. The first kappa shape index (κ1) is 22.2. The number of carbonyl (C=O) groups excluding carboxylic acids is 1. The first-order valence-electron chi connectivity index (χ1n) is 12.1. The van der Waals surface area contributed by atoms with Crippen molar-refractivity contribution in [1.82, 2.24) is 14.9 Å². The molecule has 2 aromatic carbocycles. The maximum absolute atomic E-state index is 13.6. The summed E-state index contributed by atoms with van der Waals surface area (Å²) in [5, 5.41) is 9.03. The highest BCUT2D eigenvalue weighted by Crippen LogP contribution is 2.42. The van der Waals surface area contributed by atoms with Gasteiger partial charge in [-0.2, -0.15) is 5.26 Å². The highest BCUT2D eigenvalue weighted by molar-refractivity contribution is 5.97. The van der Waals surface area contributed by atoms with E-state index in [4.69, 9.17) is 10.00 Å². The van der Waals surface area contributed by atoms with Gasteiger partial charge in [-0.25, -0.2) is 4.98 Å². The van der Waals surface area contributed by atoms with Crippen molar-refractivity contribution in [2.45, 2.75) is 50.9 Å². The van der Waals surface area contributed by atoms with Gasteiger partial charge in [-0.15, -0.1) is 0 Å². The lowest BCUT2D eigenvalue weighted by Gasteiger charge is -2.33. The molecule has 1 aliphatic heterocycles. The molecule has 3 aromatic rings. The number of amides is 1. The Morgan fingerprint density at radius 2 is 1.85 bits per heavy atom. The number of nitrogens with one attached hydrogen (secondary N) is 1. The van der Waals surface area contributed by atoms with Crippen LogP contribution in [0.2, 0.25) is 0 Å². The molecule has 0 radical (unpaired) electrons. The molecule has 174 valence electrons. The summed E-state index contributed by atoms with van der Waals surface area (Å²) in [6.45, 7) is 3.51. The summed E-state index contributed by atoms with van der Waals surface area (Å²) < 4.78 is 5.30. The molecule has 34 heavy (non-hydrogen) atoms. The molecular formula is C28H30N4O2. The van der Waals surface area contributed by atoms with Crippen LogP contribution in [0.25, 0.3) is 11.4 Å². The second-order valence-electron chi connectivity index (χ2n) is 9.48. The number of aromatic amines is 1. The molecule has 1 saturated heterocycles. The molecule has 1 aliphatic carbocycles. The lowest BCUT2D eigenvalue weighted by atomic mass is 9.77. The van der Waals surface area contributed by atoms with Gasteiger partial charge in [-0.3, -0.25) is 4.79 Å². The van der Waals surface area contributed by atoms with Gasteiger partial charge in [0, 0.05) is 24.2 Å². The molecular weight excluding hydrogens is 424 g/mol. The monoisotopic (exact) mass is 454 g/mol. The van der Waals surface area contributed by atoms with Crippen LogP contribution in [0, 0.1) is 18.3 Å². The van der Waals surface area contributed by atoms with E-state index in [1.54, 1.807) is 13.3 Å². The number of benzene rings is 2. The molecule has 6 nitrogen and oxygen atoms in total. The smallest absolute Gasteiger partial charge is 0.254 e. The number of hydrogen-bond donors (Lipinski definition) is 1. The Kier molecular flexibility index (Phi) is 6.10. The molecule has 2 aliphatic rings. The number of methoxy groups -OCH3 is 1. The van der Waals surface area contributed by atoms with Crippen LogP contribution in [0.5, 0.6) is 5.88 Å². The molecule has 0 bridgehead atoms. The number of hydrogen-bond acceptors (Lipinski definition) is 4. The van der Waals surface area contributed by atoms with Gasteiger partial charge in [-0.05, 0) is 79.3 Å². The van der Waals surface area contributed by atoms with Crippen molar-refractivity contribution in [3.63, 3.8) is 0 Å². The summed E-state index contributed by atoms with van der Waals surface area (Å²) in [6, 6.07) is 14.3. The summed E-state index contributed by atoms with van der Waals surface area (Å²) in [4.78, 5) is 23.3. The zero-order valence-corrected chi connectivity index (χ0v) is 19.8. The number of aromatic nitrogens is 2. The average molecular weight is 455 g/mol. The lowest BCUT2D eigenvalue weighted by Crippen LogP contribution is -2.38. The topological polar surface area (TPSA) is 82.0 Å². The van der Waals surface area contributed by atoms with Crippen molar-refractivity contribution in [3.8, 4) is 23.3 Å². The number of ether oxygens (including phenoxy) is 1. The Labute approximate surface area is 200 Å². The van der Waals surface area contributed by atoms with Crippen LogP contribution >= 0.6 is 0 Å². The fraction of sp³-hybridized carbons (Fsp3) is 0.393. The predicted molar refractivity (Wildman–Crippen MR) is 131 cm³/mol. The van der Waals surface area contributed by atoms with Crippen molar-refractivity contribution in [1.29, 1.82) is 5.26 Å². The predicted octanol–water partition coefficient (Wildman–Crippen LogP) is 5.55. The van der Waals surface area contributed by atoms with E-state index < -0.39 is 0 Å². The maximum Gasteiger partial charge on any atom is 0.254 e. The van der Waals surface area contributed by atoms with E-state index in [0.717, 1.165) is 48.4 Å². The summed E-state index contributed by atoms with van der Waals surface area (Å²) >= 11 is 0. The van der Waals surface area contributed by atoms with E-state index in [2.05, 4.69) is 22.1 Å². The summed E-state index contributed by atoms with van der Waals surface area (Å²) in [5.41, 5.74) is 6.00. The largest absolute Gasteiger partial charge is 0.481 e. The number of aryl methyl sites for hydroxylation is 1. The van der Waals surface area contributed by atoms with Gasteiger partial charge in [0.05, 0.1) is 24.9 Å². The van der Waals surface area contributed by atoms with Gasteiger partial charge >= 0.3 is 0 Å². The van der Waals surface area contributed by atoms with Gasteiger partial charge in [0.15, 0.2) is 0 Å². The molecule has 2 fully saturated rings. The third kappa shape index (κ3) is 4.19. The fourth-order valence-corrected chi connectivity index (χ4v) is 5.18. The Morgan fingerprint density at radius 3 is 2.44 bits per heavy atom. The standard InChI is InChI=1S/C28H30N4O2/c1-18-14-24(22-4-3-5-22)25(27-30-17-26(31-27)34-2)15-23(18)28(33)32-12-10-21(11-13-32)20-8-6-19(16-29)7-9-20/h6-9,14-15,17,21-22H,3-5,10-13H2,1-2H3,(H,30,31). The number of carbonyl (C=O) groups is 1. The van der Waals surface area contributed by atoms with Gasteiger partial charge < -0.3 is 14.6 Å². The van der Waals surface area contributed by atoms with Crippen LogP contribution in [0.1, 0.15) is 76.6 Å². The lowest BCUT2D eigenvalue weighted by molar-refractivity contribution is 0.0712. The third-order valence-electron chi connectivity index (χ3n) is 7.49. The number of nitrogens with zero attached hydrogens (tertiary/aromatic N) is 3. The number of imidazole rings is 1. The summed E-state index contributed by atoms with van der Waals surface area (Å²) in [6.07, 6.45) is 7.16. The normalized spacial score (nSPS) is 16.7. The average Bonchev–Trinajstić information content (AvgIpc) is 3.32. The van der Waals surface area contributed by atoms with E-state index in [0.29, 0.717) is 23.3 Å². The molecule has 2 heterocycles. The van der Waals surface area contributed by atoms with Gasteiger partial charge in [0.2, 0.25) is 5.88 Å². The Balaban J connectivity index is 1.37. The van der Waals surface area contributed by atoms with Crippen LogP contribution in [0.3, 0.4) is 0 Å². The molecule has 0 spiro atoms. The van der Waals surface area contributed by atoms with E-state index in [-0.39, 0.29) is 5.91 Å². The first-order chi connectivity index (χ1) is 16.6. The van der Waals surface area contributed by atoms with Gasteiger partial charge in [0.1, 0.15) is 5.82 Å². The SMILES string of the molecule is COc1cnc(-c2cc(C(=O)N3CCC(c4ccc(C#N)cc4)CC3)c(C)cc2C2CCC2)[nH]1. The van der Waals surface area contributed by atoms with Gasteiger partial charge in [0.25, 0.3) is 5.91 Å². The van der Waals surface area contributed by atoms with Gasteiger partial charge in [-0.1, -0.05) is 24.6 Å². The van der Waals surface area contributed by atoms with Crippen LogP contribution in [-0.2, 0) is 0 Å². The minimum Gasteiger partial charge on any atom is -0.481 e. The summed E-state index contributed by atoms with van der Waals surface area (Å²) in [7, 11) is 1.62. The summed E-state index contributed by atoms with van der Waals surface area (Å²) in [5.74, 6) is 2.41. The van der Waals surface area contributed by atoms with Crippen LogP contribution < -0.4 is 4.74 Å². The molecule has 1 saturated carbocycles. The van der Waals surface area contributed by atoms with E-state index >= 15 is 0 Å². The Morgan fingerprint density at radius 1 is 1.12 bits per heavy atom. The van der Waals surface area contributed by atoms with Crippen LogP contribution in [0.15, 0.2) is 42.6 Å². The Bertz CT molecular complexity index is 1230. The number of nitriles is 1. The van der Waals surface area contributed by atoms with Crippen molar-refractivity contribution in [3.05, 3.63) is 70.4 Å². The van der Waals surface area contributed by atoms with Crippen molar-refractivity contribution >= 4 is 5.91 Å². The van der Waals surface area contributed by atoms with E-state index in [1.807, 2.05) is 42.2 Å². The van der Waals surface area contributed by atoms with Crippen molar-refractivity contribution in [2.24, 2.45) is 0 Å². The molecule has 1 N–H and O–H groups in total. The minimum absolute atomic E-state index is 0.0932. The second-order valence-corrected chi connectivity index (χ2v) is 9.48. The van der Waals surface area contributed by atoms with Crippen LogP contribution in [-0.4, -0.2) is 41.0 Å². The molecule has 5 rings (SSSR count). The molecule has 1 aromatic heterocycles. The fourth-order valence-electron chi connectivity index (χ4n) is 5.18. The molecule has 0 atom stereocenters. The number of piperidine rings is 1. The zero-order chi connectivity index (χ0) is 23.7. The second kappa shape index (κ2) is 9.34. The quantitative estimate of drug-likeness (QED) is 0.548. The number of likely N-dealkylation sites (tertiary alicyclic amines) is 1. The van der Waals surface area contributed by atoms with E-state index in [9.17, 15) is 4.79 Å². The molecule has 1 amide bonds. The number of rotatable bonds is 5. The maximum atomic E-state index is 13.6.